The first-order valence-electron chi connectivity index (χ1n) is 12.9. The number of hydrogen-bond acceptors (Lipinski definition) is 2. The Morgan fingerprint density at radius 1 is 0.586 bits per heavy atom. The minimum atomic E-state index is -0.817. The molecule has 0 fully saturated rings. The maximum atomic E-state index is 11.9. The van der Waals surface area contributed by atoms with Gasteiger partial charge in [0.25, 0.3) is 0 Å². The second kappa shape index (κ2) is 21.8. The van der Waals surface area contributed by atoms with E-state index in [0.29, 0.717) is 12.8 Å². The van der Waals surface area contributed by atoms with Crippen molar-refractivity contribution in [2.24, 2.45) is 5.92 Å². The van der Waals surface area contributed by atoms with E-state index in [9.17, 15) is 9.59 Å². The third-order valence-corrected chi connectivity index (χ3v) is 6.02. The molecule has 0 bridgehead atoms. The zero-order valence-corrected chi connectivity index (χ0v) is 19.7. The Kier molecular flexibility index (Phi) is 21.2. The van der Waals surface area contributed by atoms with Gasteiger partial charge in [0.05, 0.1) is 5.92 Å². The number of unbranched alkanes of at least 4 members (excludes halogenated alkanes) is 16. The fourth-order valence-corrected chi connectivity index (χ4v) is 4.09. The van der Waals surface area contributed by atoms with Crippen LogP contribution < -0.4 is 0 Å². The summed E-state index contributed by atoms with van der Waals surface area (Å²) in [6, 6.07) is 0. The first-order valence-corrected chi connectivity index (χ1v) is 12.9. The van der Waals surface area contributed by atoms with Crippen LogP contribution in [0.25, 0.3) is 0 Å². The van der Waals surface area contributed by atoms with Crippen LogP contribution in [0.5, 0.6) is 0 Å². The van der Waals surface area contributed by atoms with Crippen LogP contribution in [-0.2, 0) is 9.59 Å². The summed E-state index contributed by atoms with van der Waals surface area (Å²) in [5, 5.41) is 9.12. The Bertz CT molecular complexity index is 378. The van der Waals surface area contributed by atoms with E-state index < -0.39 is 11.9 Å². The standard InChI is InChI=1S/C26H50O3/c1-3-5-6-7-8-9-10-11-12-13-14-15-16-17-18-19-20-22-25(27)23-24(21-4-2)26(28)29/h24H,3-23H2,1-2H3,(H,28,29). The summed E-state index contributed by atoms with van der Waals surface area (Å²) in [5.74, 6) is -1.16. The van der Waals surface area contributed by atoms with Crippen LogP contribution in [0.3, 0.4) is 0 Å². The monoisotopic (exact) mass is 410 g/mol. The predicted molar refractivity (Wildman–Crippen MR) is 124 cm³/mol. The molecule has 0 aromatic carbocycles. The molecule has 1 N–H and O–H groups in total. The number of carboxylic acid groups (broad SMARTS) is 1. The lowest BCUT2D eigenvalue weighted by atomic mass is 9.95. The average molecular weight is 411 g/mol. The number of carbonyl (C=O) groups excluding carboxylic acids is 1. The molecule has 0 rings (SSSR count). The summed E-state index contributed by atoms with van der Waals surface area (Å²) in [4.78, 5) is 23.0. The number of aliphatic carboxylic acids is 1. The molecule has 3 nitrogen and oxygen atoms in total. The van der Waals surface area contributed by atoms with Crippen molar-refractivity contribution in [3.8, 4) is 0 Å². The summed E-state index contributed by atoms with van der Waals surface area (Å²) in [6.45, 7) is 4.24. The number of ketones is 1. The molecule has 0 saturated heterocycles. The highest BCUT2D eigenvalue weighted by Crippen LogP contribution is 2.16. The van der Waals surface area contributed by atoms with Crippen molar-refractivity contribution in [2.75, 3.05) is 0 Å². The largest absolute Gasteiger partial charge is 0.481 e. The minimum Gasteiger partial charge on any atom is -0.481 e. The van der Waals surface area contributed by atoms with Crippen molar-refractivity contribution in [2.45, 2.75) is 149 Å². The van der Waals surface area contributed by atoms with Gasteiger partial charge in [0.2, 0.25) is 0 Å². The second-order valence-electron chi connectivity index (χ2n) is 8.97. The van der Waals surface area contributed by atoms with Crippen LogP contribution in [0.15, 0.2) is 0 Å². The Morgan fingerprint density at radius 3 is 1.31 bits per heavy atom. The summed E-state index contributed by atoms with van der Waals surface area (Å²) < 4.78 is 0. The maximum Gasteiger partial charge on any atom is 0.306 e. The third kappa shape index (κ3) is 20.2. The van der Waals surface area contributed by atoms with E-state index >= 15 is 0 Å². The smallest absolute Gasteiger partial charge is 0.306 e. The van der Waals surface area contributed by atoms with E-state index in [1.165, 1.54) is 96.3 Å². The topological polar surface area (TPSA) is 54.4 Å². The molecule has 0 aromatic rings. The molecular weight excluding hydrogens is 360 g/mol. The highest BCUT2D eigenvalue weighted by molar-refractivity contribution is 5.83. The summed E-state index contributed by atoms with van der Waals surface area (Å²) in [5.41, 5.74) is 0. The molecule has 0 spiro atoms. The third-order valence-electron chi connectivity index (χ3n) is 6.02. The van der Waals surface area contributed by atoms with Gasteiger partial charge in [-0.05, 0) is 12.8 Å². The Labute approximate surface area is 181 Å². The minimum absolute atomic E-state index is 0.131. The lowest BCUT2D eigenvalue weighted by Crippen LogP contribution is -2.17. The fraction of sp³-hybridized carbons (Fsp3) is 0.923. The summed E-state index contributed by atoms with van der Waals surface area (Å²) in [6.07, 6.45) is 24.9. The van der Waals surface area contributed by atoms with Crippen LogP contribution in [0.1, 0.15) is 149 Å². The fourth-order valence-electron chi connectivity index (χ4n) is 4.09. The Morgan fingerprint density at radius 2 is 0.966 bits per heavy atom. The first kappa shape index (κ1) is 28.1. The summed E-state index contributed by atoms with van der Waals surface area (Å²) in [7, 11) is 0. The number of Topliss-reactive ketones (excluding diaryl/α,β-unsaturated/α-hetero) is 1. The number of rotatable bonds is 23. The van der Waals surface area contributed by atoms with Crippen molar-refractivity contribution in [3.05, 3.63) is 0 Å². The molecule has 3 heteroatoms. The lowest BCUT2D eigenvalue weighted by Gasteiger charge is -2.09. The number of carbonyl (C=O) groups is 2. The zero-order valence-electron chi connectivity index (χ0n) is 19.7. The van der Waals surface area contributed by atoms with Gasteiger partial charge < -0.3 is 5.11 Å². The highest BCUT2D eigenvalue weighted by atomic mass is 16.4. The van der Waals surface area contributed by atoms with Gasteiger partial charge in [0, 0.05) is 12.8 Å². The second-order valence-corrected chi connectivity index (χ2v) is 8.97. The predicted octanol–water partition coefficient (Wildman–Crippen LogP) is 8.49. The molecule has 0 radical (unpaired) electrons. The van der Waals surface area contributed by atoms with Crippen molar-refractivity contribution in [1.29, 1.82) is 0 Å². The van der Waals surface area contributed by atoms with E-state index in [1.807, 2.05) is 6.92 Å². The molecule has 0 saturated carbocycles. The average Bonchev–Trinajstić information content (AvgIpc) is 2.70. The van der Waals surface area contributed by atoms with E-state index in [-0.39, 0.29) is 12.2 Å². The quantitative estimate of drug-likeness (QED) is 0.172. The van der Waals surface area contributed by atoms with Crippen LogP contribution in [-0.4, -0.2) is 16.9 Å². The Balaban J connectivity index is 3.29. The van der Waals surface area contributed by atoms with Gasteiger partial charge >= 0.3 is 5.97 Å². The van der Waals surface area contributed by atoms with E-state index in [2.05, 4.69) is 6.92 Å². The molecule has 0 aliphatic rings. The van der Waals surface area contributed by atoms with E-state index in [1.54, 1.807) is 0 Å². The maximum absolute atomic E-state index is 11.9. The van der Waals surface area contributed by atoms with Gasteiger partial charge in [-0.2, -0.15) is 0 Å². The molecule has 172 valence electrons. The highest BCUT2D eigenvalue weighted by Gasteiger charge is 2.19. The first-order chi connectivity index (χ1) is 14.1. The van der Waals surface area contributed by atoms with Crippen LogP contribution in [0.2, 0.25) is 0 Å². The van der Waals surface area contributed by atoms with Crippen molar-refractivity contribution < 1.29 is 14.7 Å². The van der Waals surface area contributed by atoms with E-state index in [0.717, 1.165) is 19.3 Å². The van der Waals surface area contributed by atoms with Gasteiger partial charge in [0.1, 0.15) is 5.78 Å². The van der Waals surface area contributed by atoms with Crippen LogP contribution >= 0.6 is 0 Å². The molecule has 1 atom stereocenters. The SMILES string of the molecule is CCCCCCCCCCCCCCCCCCCC(=O)CC(CCC)C(=O)O. The number of carboxylic acids is 1. The van der Waals surface area contributed by atoms with Crippen molar-refractivity contribution >= 4 is 11.8 Å². The van der Waals surface area contributed by atoms with Gasteiger partial charge in [0.15, 0.2) is 0 Å². The van der Waals surface area contributed by atoms with Crippen molar-refractivity contribution in [3.63, 3.8) is 0 Å². The Hall–Kier alpha value is -0.860. The molecule has 0 heterocycles. The van der Waals surface area contributed by atoms with E-state index in [4.69, 9.17) is 5.11 Å². The van der Waals surface area contributed by atoms with Gasteiger partial charge in [-0.1, -0.05) is 123 Å². The molecule has 0 aromatic heterocycles. The molecular formula is C26H50O3. The van der Waals surface area contributed by atoms with Gasteiger partial charge in [-0.25, -0.2) is 0 Å². The molecule has 1 unspecified atom stereocenters. The van der Waals surface area contributed by atoms with Crippen molar-refractivity contribution in [1.82, 2.24) is 0 Å². The summed E-state index contributed by atoms with van der Waals surface area (Å²) >= 11 is 0. The van der Waals surface area contributed by atoms with Crippen LogP contribution in [0.4, 0.5) is 0 Å². The molecule has 0 amide bonds. The van der Waals surface area contributed by atoms with Gasteiger partial charge in [-0.15, -0.1) is 0 Å². The number of hydrogen-bond donors (Lipinski definition) is 1. The van der Waals surface area contributed by atoms with Crippen LogP contribution in [0, 0.1) is 5.92 Å². The molecule has 29 heavy (non-hydrogen) atoms. The zero-order chi connectivity index (χ0) is 21.6. The van der Waals surface area contributed by atoms with Gasteiger partial charge in [-0.3, -0.25) is 9.59 Å². The molecule has 0 aliphatic carbocycles. The lowest BCUT2D eigenvalue weighted by molar-refractivity contribution is -0.144. The normalized spacial score (nSPS) is 12.2. The molecule has 0 aliphatic heterocycles.